The number of amides is 1. The molecule has 3 rings (SSSR count). The number of carbonyl (C=O) groups excluding carboxylic acids is 1. The predicted octanol–water partition coefficient (Wildman–Crippen LogP) is 3.72. The monoisotopic (exact) mass is 468 g/mol. The molecule has 2 aromatic carbocycles. The fourth-order valence-electron chi connectivity index (χ4n) is 3.94. The Morgan fingerprint density at radius 3 is 2.50 bits per heavy atom. The molecule has 0 radical (unpaired) electrons. The van der Waals surface area contributed by atoms with Crippen LogP contribution < -0.4 is 15.7 Å². The minimum Gasteiger partial charge on any atom is -0.492 e. The van der Waals surface area contributed by atoms with Gasteiger partial charge in [-0.2, -0.15) is 0 Å². The van der Waals surface area contributed by atoms with Crippen LogP contribution in [-0.4, -0.2) is 57.3 Å². The van der Waals surface area contributed by atoms with E-state index < -0.39 is 6.09 Å². The molecule has 0 atom stereocenters. The third-order valence-electron chi connectivity index (χ3n) is 5.83. The molecule has 9 heteroatoms. The summed E-state index contributed by atoms with van der Waals surface area (Å²) in [5.41, 5.74) is 2.74. The summed E-state index contributed by atoms with van der Waals surface area (Å²) < 4.78 is 8.65. The maximum Gasteiger partial charge on any atom is 0.407 e. The fraction of sp³-hybridized carbons (Fsp3) is 0.400. The van der Waals surface area contributed by atoms with Gasteiger partial charge in [-0.3, -0.25) is 13.9 Å². The van der Waals surface area contributed by atoms with Crippen LogP contribution in [0.4, 0.5) is 10.5 Å². The SMILES string of the molecule is CCOc1ccccc1NCCN(CCCCC(=O)c1ccc2c(c1)n(C)c(=O)n2C)C(=O)O. The van der Waals surface area contributed by atoms with Crippen molar-refractivity contribution in [2.75, 3.05) is 31.6 Å². The van der Waals surface area contributed by atoms with Gasteiger partial charge in [0.25, 0.3) is 0 Å². The van der Waals surface area contributed by atoms with E-state index >= 15 is 0 Å². The predicted molar refractivity (Wildman–Crippen MR) is 132 cm³/mol. The van der Waals surface area contributed by atoms with Crippen molar-refractivity contribution in [1.29, 1.82) is 0 Å². The van der Waals surface area contributed by atoms with Gasteiger partial charge < -0.3 is 20.1 Å². The molecule has 0 saturated carbocycles. The number of hydrogen-bond donors (Lipinski definition) is 2. The fourth-order valence-corrected chi connectivity index (χ4v) is 3.94. The van der Waals surface area contributed by atoms with Crippen LogP contribution in [0.3, 0.4) is 0 Å². The summed E-state index contributed by atoms with van der Waals surface area (Å²) in [6.07, 6.45) is 0.496. The van der Waals surface area contributed by atoms with Gasteiger partial charge in [0.2, 0.25) is 0 Å². The van der Waals surface area contributed by atoms with Crippen molar-refractivity contribution in [1.82, 2.24) is 14.0 Å². The average Bonchev–Trinajstić information content (AvgIpc) is 3.05. The van der Waals surface area contributed by atoms with Crippen molar-refractivity contribution in [3.05, 3.63) is 58.5 Å². The number of imidazole rings is 1. The van der Waals surface area contributed by atoms with E-state index in [2.05, 4.69) is 5.32 Å². The van der Waals surface area contributed by atoms with E-state index in [0.29, 0.717) is 56.6 Å². The smallest absolute Gasteiger partial charge is 0.407 e. The van der Waals surface area contributed by atoms with Gasteiger partial charge in [0.05, 0.1) is 23.3 Å². The van der Waals surface area contributed by atoms with Crippen LogP contribution >= 0.6 is 0 Å². The summed E-state index contributed by atoms with van der Waals surface area (Å²) in [6.45, 7) is 3.59. The van der Waals surface area contributed by atoms with Crippen molar-refractivity contribution in [3.63, 3.8) is 0 Å². The number of Topliss-reactive ketones (excluding diaryl/α,β-unsaturated/α-hetero) is 1. The van der Waals surface area contributed by atoms with Crippen molar-refractivity contribution < 1.29 is 19.4 Å². The number of unbranched alkanes of at least 4 members (excludes halogenated alkanes) is 1. The number of rotatable bonds is 12. The number of carboxylic acid groups (broad SMARTS) is 1. The van der Waals surface area contributed by atoms with E-state index in [1.165, 1.54) is 9.47 Å². The van der Waals surface area contributed by atoms with E-state index in [4.69, 9.17) is 4.74 Å². The number of ether oxygens (including phenoxy) is 1. The first-order valence-electron chi connectivity index (χ1n) is 11.5. The van der Waals surface area contributed by atoms with Gasteiger partial charge in [-0.25, -0.2) is 9.59 Å². The number of nitrogens with zero attached hydrogens (tertiary/aromatic N) is 3. The zero-order chi connectivity index (χ0) is 24.7. The minimum atomic E-state index is -0.985. The number of carbonyl (C=O) groups is 2. The first-order chi connectivity index (χ1) is 16.3. The Morgan fingerprint density at radius 1 is 1.03 bits per heavy atom. The van der Waals surface area contributed by atoms with E-state index in [-0.39, 0.29) is 11.5 Å². The molecule has 1 aromatic heterocycles. The van der Waals surface area contributed by atoms with Crippen molar-refractivity contribution >= 4 is 28.6 Å². The van der Waals surface area contributed by atoms with Gasteiger partial charge >= 0.3 is 11.8 Å². The van der Waals surface area contributed by atoms with Crippen LogP contribution in [0, 0.1) is 0 Å². The first-order valence-corrected chi connectivity index (χ1v) is 11.5. The molecule has 34 heavy (non-hydrogen) atoms. The average molecular weight is 469 g/mol. The lowest BCUT2D eigenvalue weighted by molar-refractivity contribution is 0.0978. The highest BCUT2D eigenvalue weighted by atomic mass is 16.5. The zero-order valence-corrected chi connectivity index (χ0v) is 19.9. The molecule has 0 unspecified atom stereocenters. The second-order valence-corrected chi connectivity index (χ2v) is 8.11. The lowest BCUT2D eigenvalue weighted by Gasteiger charge is -2.20. The van der Waals surface area contributed by atoms with Gasteiger partial charge in [0.15, 0.2) is 5.78 Å². The summed E-state index contributed by atoms with van der Waals surface area (Å²) >= 11 is 0. The van der Waals surface area contributed by atoms with Crippen LogP contribution in [0.2, 0.25) is 0 Å². The molecule has 9 nitrogen and oxygen atoms in total. The molecule has 2 N–H and O–H groups in total. The van der Waals surface area contributed by atoms with Crippen LogP contribution in [0.1, 0.15) is 36.5 Å². The van der Waals surface area contributed by atoms with Gasteiger partial charge in [-0.1, -0.05) is 12.1 Å². The second-order valence-electron chi connectivity index (χ2n) is 8.11. The van der Waals surface area contributed by atoms with Crippen LogP contribution in [0.5, 0.6) is 5.75 Å². The highest BCUT2D eigenvalue weighted by Gasteiger charge is 2.14. The maximum atomic E-state index is 12.6. The number of fused-ring (bicyclic) bond motifs is 1. The molecule has 0 aliphatic carbocycles. The minimum absolute atomic E-state index is 0.0192. The third-order valence-corrected chi connectivity index (χ3v) is 5.83. The number of aryl methyl sites for hydroxylation is 2. The standard InChI is InChI=1S/C25H32N4O5/c1-4-34-23-11-6-5-9-19(23)26-14-16-29(25(32)33)15-8-7-10-22(30)18-12-13-20-21(17-18)28(3)24(31)27(20)2/h5-6,9,11-13,17,26H,4,7-8,10,14-16H2,1-3H3,(H,32,33). The number of benzene rings is 2. The van der Waals surface area contributed by atoms with Crippen molar-refractivity contribution in [3.8, 4) is 5.75 Å². The number of anilines is 1. The van der Waals surface area contributed by atoms with Gasteiger partial charge in [-0.15, -0.1) is 0 Å². The molecule has 1 heterocycles. The molecule has 1 amide bonds. The van der Waals surface area contributed by atoms with E-state index in [1.807, 2.05) is 31.2 Å². The topological polar surface area (TPSA) is 106 Å². The molecule has 0 bridgehead atoms. The Balaban J connectivity index is 1.48. The molecule has 0 spiro atoms. The zero-order valence-electron chi connectivity index (χ0n) is 19.9. The van der Waals surface area contributed by atoms with Crippen LogP contribution in [-0.2, 0) is 14.1 Å². The molecular formula is C25H32N4O5. The lowest BCUT2D eigenvalue weighted by atomic mass is 10.0. The molecule has 0 fully saturated rings. The van der Waals surface area contributed by atoms with Gasteiger partial charge in [0, 0.05) is 45.7 Å². The Hall–Kier alpha value is -3.75. The summed E-state index contributed by atoms with van der Waals surface area (Å²) in [6, 6.07) is 12.8. The molecular weight excluding hydrogens is 436 g/mol. The molecule has 3 aromatic rings. The van der Waals surface area contributed by atoms with Crippen LogP contribution in [0.15, 0.2) is 47.3 Å². The van der Waals surface area contributed by atoms with E-state index in [1.54, 1.807) is 36.9 Å². The Morgan fingerprint density at radius 2 is 1.76 bits per heavy atom. The van der Waals surface area contributed by atoms with Gasteiger partial charge in [0.1, 0.15) is 5.75 Å². The lowest BCUT2D eigenvalue weighted by Crippen LogP contribution is -2.34. The van der Waals surface area contributed by atoms with Crippen molar-refractivity contribution in [2.24, 2.45) is 14.1 Å². The molecule has 182 valence electrons. The van der Waals surface area contributed by atoms with E-state index in [9.17, 15) is 19.5 Å². The summed E-state index contributed by atoms with van der Waals surface area (Å²) in [5.74, 6) is 0.716. The molecule has 0 aliphatic heterocycles. The highest BCUT2D eigenvalue weighted by Crippen LogP contribution is 2.23. The quantitative estimate of drug-likeness (QED) is 0.310. The highest BCUT2D eigenvalue weighted by molar-refractivity contribution is 5.99. The molecule has 0 saturated heterocycles. The second kappa shape index (κ2) is 11.4. The summed E-state index contributed by atoms with van der Waals surface area (Å²) in [7, 11) is 3.39. The number of aromatic nitrogens is 2. The number of ketones is 1. The normalized spacial score (nSPS) is 10.9. The van der Waals surface area contributed by atoms with E-state index in [0.717, 1.165) is 17.0 Å². The first kappa shape index (κ1) is 24.9. The Bertz CT molecular complexity index is 1210. The largest absolute Gasteiger partial charge is 0.492 e. The van der Waals surface area contributed by atoms with Crippen LogP contribution in [0.25, 0.3) is 11.0 Å². The maximum absolute atomic E-state index is 12.6. The third kappa shape index (κ3) is 5.78. The Labute approximate surface area is 198 Å². The molecule has 0 aliphatic rings. The van der Waals surface area contributed by atoms with Gasteiger partial charge in [-0.05, 0) is 50.1 Å². The number of nitrogens with one attached hydrogen (secondary N) is 1. The Kier molecular flexibility index (Phi) is 8.34. The number of para-hydroxylation sites is 2. The summed E-state index contributed by atoms with van der Waals surface area (Å²) in [5, 5.41) is 12.8. The summed E-state index contributed by atoms with van der Waals surface area (Å²) in [4.78, 5) is 37.7. The van der Waals surface area contributed by atoms with Crippen molar-refractivity contribution in [2.45, 2.75) is 26.2 Å². The number of hydrogen-bond acceptors (Lipinski definition) is 5.